The molecular weight excluding hydrogens is 404 g/mol. The number of carbonyl (C=O) groups is 2. The number of piperazine rings is 1. The number of hydrogen-bond donors (Lipinski definition) is 0. The van der Waals surface area contributed by atoms with E-state index in [1.807, 2.05) is 56.3 Å². The number of allylic oxidation sites excluding steroid dienone is 1. The third-order valence-electron chi connectivity index (χ3n) is 5.86. The summed E-state index contributed by atoms with van der Waals surface area (Å²) in [6.45, 7) is 8.16. The number of benzene rings is 2. The highest BCUT2D eigenvalue weighted by Gasteiger charge is 2.22. The Morgan fingerprint density at radius 1 is 1.03 bits per heavy atom. The predicted molar refractivity (Wildman–Crippen MR) is 125 cm³/mol. The summed E-state index contributed by atoms with van der Waals surface area (Å²) in [7, 11) is 0. The van der Waals surface area contributed by atoms with Gasteiger partial charge >= 0.3 is 0 Å². The van der Waals surface area contributed by atoms with Crippen molar-refractivity contribution in [1.82, 2.24) is 9.80 Å². The van der Waals surface area contributed by atoms with Crippen LogP contribution in [0.4, 0.5) is 0 Å². The van der Waals surface area contributed by atoms with Crippen molar-refractivity contribution in [3.8, 4) is 16.9 Å². The fourth-order valence-corrected chi connectivity index (χ4v) is 4.08. The van der Waals surface area contributed by atoms with Crippen molar-refractivity contribution in [3.63, 3.8) is 0 Å². The minimum Gasteiger partial charge on any atom is -0.493 e. The molecule has 2 amide bonds. The van der Waals surface area contributed by atoms with Gasteiger partial charge in [-0.15, -0.1) is 0 Å². The molecule has 0 unspecified atom stereocenters. The molecule has 166 valence electrons. The second-order valence-corrected chi connectivity index (χ2v) is 7.95. The van der Waals surface area contributed by atoms with Crippen molar-refractivity contribution < 1.29 is 18.7 Å². The zero-order valence-electron chi connectivity index (χ0n) is 18.8. The molecule has 0 atom stereocenters. The second kappa shape index (κ2) is 9.30. The Morgan fingerprint density at radius 2 is 1.72 bits per heavy atom. The van der Waals surface area contributed by atoms with Crippen LogP contribution in [0.15, 0.2) is 59.2 Å². The third kappa shape index (κ3) is 4.40. The van der Waals surface area contributed by atoms with Gasteiger partial charge in [0.05, 0.1) is 12.9 Å². The van der Waals surface area contributed by atoms with Crippen LogP contribution in [0.1, 0.15) is 26.3 Å². The minimum absolute atomic E-state index is 0.0489. The maximum Gasteiger partial charge on any atom is 0.246 e. The Labute approximate surface area is 188 Å². The van der Waals surface area contributed by atoms with Crippen LogP contribution in [0.25, 0.3) is 27.7 Å². The monoisotopic (exact) mass is 432 g/mol. The predicted octanol–water partition coefficient (Wildman–Crippen LogP) is 4.59. The van der Waals surface area contributed by atoms with Crippen molar-refractivity contribution in [2.24, 2.45) is 0 Å². The number of hydrogen-bond acceptors (Lipinski definition) is 4. The molecule has 4 rings (SSSR count). The Morgan fingerprint density at radius 3 is 2.38 bits per heavy atom. The molecule has 0 bridgehead atoms. The second-order valence-electron chi connectivity index (χ2n) is 7.95. The van der Waals surface area contributed by atoms with Crippen LogP contribution in [0.2, 0.25) is 0 Å². The van der Waals surface area contributed by atoms with E-state index >= 15 is 0 Å². The molecule has 1 aromatic heterocycles. The van der Waals surface area contributed by atoms with Gasteiger partial charge in [0.1, 0.15) is 11.3 Å². The lowest BCUT2D eigenvalue weighted by atomic mass is 9.99. The number of rotatable bonds is 5. The molecule has 6 heteroatoms. The minimum atomic E-state index is -0.0521. The molecule has 6 nitrogen and oxygen atoms in total. The first-order chi connectivity index (χ1) is 15.5. The van der Waals surface area contributed by atoms with Gasteiger partial charge in [-0.2, -0.15) is 0 Å². The summed E-state index contributed by atoms with van der Waals surface area (Å²) < 4.78 is 11.7. The molecule has 1 saturated heterocycles. The number of carbonyl (C=O) groups excluding carboxylic acids is 2. The van der Waals surface area contributed by atoms with Crippen molar-refractivity contribution >= 4 is 28.4 Å². The lowest BCUT2D eigenvalue weighted by Gasteiger charge is -2.33. The molecule has 0 saturated carbocycles. The quantitative estimate of drug-likeness (QED) is 0.553. The Bertz CT molecular complexity index is 1160. The van der Waals surface area contributed by atoms with Crippen LogP contribution in [-0.2, 0) is 9.59 Å². The summed E-state index contributed by atoms with van der Waals surface area (Å²) >= 11 is 0. The molecule has 2 heterocycles. The van der Waals surface area contributed by atoms with Crippen molar-refractivity contribution in [3.05, 3.63) is 60.4 Å². The Hall–Kier alpha value is -3.54. The highest BCUT2D eigenvalue weighted by molar-refractivity contribution is 6.00. The largest absolute Gasteiger partial charge is 0.493 e. The Balaban J connectivity index is 1.66. The van der Waals surface area contributed by atoms with E-state index in [0.29, 0.717) is 38.5 Å². The number of amides is 2. The summed E-state index contributed by atoms with van der Waals surface area (Å²) in [4.78, 5) is 28.0. The van der Waals surface area contributed by atoms with Crippen LogP contribution in [-0.4, -0.2) is 54.4 Å². The summed E-state index contributed by atoms with van der Waals surface area (Å²) in [6, 6.07) is 14.0. The first-order valence-electron chi connectivity index (χ1n) is 10.9. The van der Waals surface area contributed by atoms with E-state index in [1.165, 1.54) is 0 Å². The Kier molecular flexibility index (Phi) is 6.30. The van der Waals surface area contributed by atoms with E-state index < -0.39 is 0 Å². The lowest BCUT2D eigenvalue weighted by Crippen LogP contribution is -2.49. The average molecular weight is 433 g/mol. The molecule has 0 spiro atoms. The number of fused-ring (bicyclic) bond motifs is 1. The average Bonchev–Trinajstić information content (AvgIpc) is 3.22. The molecule has 0 radical (unpaired) electrons. The smallest absolute Gasteiger partial charge is 0.246 e. The van der Waals surface area contributed by atoms with Crippen LogP contribution < -0.4 is 4.74 Å². The number of nitrogens with zero attached hydrogens (tertiary/aromatic N) is 2. The van der Waals surface area contributed by atoms with Crippen LogP contribution in [0, 0.1) is 0 Å². The van der Waals surface area contributed by atoms with Gasteiger partial charge in [0, 0.05) is 61.8 Å². The fraction of sp³-hybridized carbons (Fsp3) is 0.308. The topological polar surface area (TPSA) is 63.0 Å². The molecule has 0 aliphatic carbocycles. The summed E-state index contributed by atoms with van der Waals surface area (Å²) in [5.74, 6) is 0.688. The van der Waals surface area contributed by atoms with Crippen molar-refractivity contribution in [2.45, 2.75) is 20.8 Å². The highest BCUT2D eigenvalue weighted by atomic mass is 16.5. The van der Waals surface area contributed by atoms with Crippen LogP contribution in [0.5, 0.6) is 5.75 Å². The van der Waals surface area contributed by atoms with Gasteiger partial charge in [0.25, 0.3) is 0 Å². The van der Waals surface area contributed by atoms with E-state index in [2.05, 4.69) is 0 Å². The normalized spacial score (nSPS) is 14.7. The van der Waals surface area contributed by atoms with Crippen molar-refractivity contribution in [1.29, 1.82) is 0 Å². The molecule has 1 aliphatic heterocycles. The molecule has 0 N–H and O–H groups in total. The van der Waals surface area contributed by atoms with Gasteiger partial charge in [-0.25, -0.2) is 0 Å². The summed E-state index contributed by atoms with van der Waals surface area (Å²) in [5.41, 5.74) is 4.52. The maximum atomic E-state index is 12.9. The van der Waals surface area contributed by atoms with Crippen molar-refractivity contribution in [2.75, 3.05) is 32.8 Å². The molecule has 2 aromatic carbocycles. The van der Waals surface area contributed by atoms with Crippen LogP contribution >= 0.6 is 0 Å². The fourth-order valence-electron chi connectivity index (χ4n) is 4.08. The first-order valence-corrected chi connectivity index (χ1v) is 10.9. The van der Waals surface area contributed by atoms with Gasteiger partial charge in [-0.3, -0.25) is 9.59 Å². The summed E-state index contributed by atoms with van der Waals surface area (Å²) in [5, 5.41) is 0.977. The molecule has 1 fully saturated rings. The molecule has 3 aromatic rings. The van der Waals surface area contributed by atoms with Gasteiger partial charge in [0.2, 0.25) is 11.8 Å². The van der Waals surface area contributed by atoms with E-state index in [-0.39, 0.29) is 11.8 Å². The van der Waals surface area contributed by atoms with Gasteiger partial charge < -0.3 is 19.0 Å². The van der Waals surface area contributed by atoms with Gasteiger partial charge in [-0.05, 0) is 31.1 Å². The van der Waals surface area contributed by atoms with E-state index in [1.54, 1.807) is 29.1 Å². The zero-order valence-corrected chi connectivity index (χ0v) is 18.8. The number of ether oxygens (including phenoxy) is 1. The molecule has 1 aliphatic rings. The maximum absolute atomic E-state index is 12.9. The van der Waals surface area contributed by atoms with E-state index in [4.69, 9.17) is 9.15 Å². The van der Waals surface area contributed by atoms with Gasteiger partial charge in [-0.1, -0.05) is 30.3 Å². The summed E-state index contributed by atoms with van der Waals surface area (Å²) in [6.07, 6.45) is 3.42. The van der Waals surface area contributed by atoms with Gasteiger partial charge in [0.15, 0.2) is 0 Å². The SMILES string of the molecule is CCOc1cc2occ(-c3ccccc3)c2cc1/C(C)=C/C(=O)N1CCN(C(C)=O)CC1. The first kappa shape index (κ1) is 21.7. The third-order valence-corrected chi connectivity index (χ3v) is 5.86. The molecule has 32 heavy (non-hydrogen) atoms. The van der Waals surface area contributed by atoms with E-state index in [9.17, 15) is 9.59 Å². The van der Waals surface area contributed by atoms with Crippen LogP contribution in [0.3, 0.4) is 0 Å². The zero-order chi connectivity index (χ0) is 22.7. The number of furan rings is 1. The highest BCUT2D eigenvalue weighted by Crippen LogP contribution is 2.37. The standard InChI is InChI=1S/C26H28N2O4/c1-4-31-24-16-25-22(23(17-32-25)20-8-6-5-7-9-20)15-21(24)18(2)14-26(30)28-12-10-27(11-13-28)19(3)29/h5-9,14-17H,4,10-13H2,1-3H3/b18-14+. The van der Waals surface area contributed by atoms with E-state index in [0.717, 1.165) is 33.2 Å². The lowest BCUT2D eigenvalue weighted by molar-refractivity contribution is -0.135. The molecular formula is C26H28N2O4.